The number of benzene rings is 3. The number of esters is 1. The molecule has 0 aliphatic carbocycles. The Balaban J connectivity index is 1.33. The van der Waals surface area contributed by atoms with Gasteiger partial charge >= 0.3 is 5.97 Å². The maximum Gasteiger partial charge on any atom is 0.338 e. The van der Waals surface area contributed by atoms with Crippen LogP contribution in [0.15, 0.2) is 79.4 Å². The van der Waals surface area contributed by atoms with Gasteiger partial charge < -0.3 is 14.2 Å². The number of epoxide rings is 1. The fraction of sp³-hybridized carbons (Fsp3) is 0.323. The lowest BCUT2D eigenvalue weighted by Gasteiger charge is -2.33. The molecule has 3 aromatic rings. The summed E-state index contributed by atoms with van der Waals surface area (Å²) in [7, 11) is 0. The van der Waals surface area contributed by atoms with E-state index in [2.05, 4.69) is 20.4 Å². The van der Waals surface area contributed by atoms with Gasteiger partial charge in [-0.15, -0.1) is 0 Å². The van der Waals surface area contributed by atoms with Crippen LogP contribution in [-0.2, 0) is 16.1 Å². The zero-order valence-corrected chi connectivity index (χ0v) is 21.0. The summed E-state index contributed by atoms with van der Waals surface area (Å²) in [6.45, 7) is 13.3. The van der Waals surface area contributed by atoms with E-state index in [1.165, 1.54) is 0 Å². The summed E-state index contributed by atoms with van der Waals surface area (Å²) in [5, 5.41) is 0. The van der Waals surface area contributed by atoms with Gasteiger partial charge in [0, 0.05) is 0 Å². The van der Waals surface area contributed by atoms with E-state index in [1.54, 1.807) is 0 Å². The van der Waals surface area contributed by atoms with E-state index in [0.717, 1.165) is 41.0 Å². The number of ether oxygens (including phenoxy) is 3. The first-order valence-corrected chi connectivity index (χ1v) is 12.0. The third-order valence-corrected chi connectivity index (χ3v) is 6.38. The second kappa shape index (κ2) is 10.1. The second-order valence-electron chi connectivity index (χ2n) is 10.5. The number of rotatable bonds is 10. The molecule has 4 rings (SSSR count). The summed E-state index contributed by atoms with van der Waals surface area (Å²) in [6, 6.07) is 23.6. The Kier molecular flexibility index (Phi) is 7.13. The van der Waals surface area contributed by atoms with Crippen molar-refractivity contribution < 1.29 is 19.0 Å². The molecule has 1 saturated heterocycles. The average Bonchev–Trinajstić information content (AvgIpc) is 3.69. The molecule has 0 radical (unpaired) electrons. The van der Waals surface area contributed by atoms with Gasteiger partial charge in [0.15, 0.2) is 0 Å². The Bertz CT molecular complexity index is 1150. The summed E-state index contributed by atoms with van der Waals surface area (Å²) in [5.74, 6) is 0.502. The summed E-state index contributed by atoms with van der Waals surface area (Å²) >= 11 is 0. The fourth-order valence-electron chi connectivity index (χ4n) is 4.52. The Labute approximate surface area is 208 Å². The maximum absolute atomic E-state index is 12.8. The summed E-state index contributed by atoms with van der Waals surface area (Å²) in [5.41, 5.74) is 4.22. The molecule has 4 nitrogen and oxygen atoms in total. The molecule has 0 N–H and O–H groups in total. The van der Waals surface area contributed by atoms with Crippen LogP contribution in [0.4, 0.5) is 0 Å². The van der Waals surface area contributed by atoms with Gasteiger partial charge in [-0.05, 0) is 72.2 Å². The molecule has 0 amide bonds. The Hall–Kier alpha value is -3.37. The molecule has 0 bridgehead atoms. The molecule has 1 aliphatic rings. The second-order valence-corrected chi connectivity index (χ2v) is 10.5. The summed E-state index contributed by atoms with van der Waals surface area (Å²) in [4.78, 5) is 12.8. The largest absolute Gasteiger partial charge is 0.489 e. The first-order valence-electron chi connectivity index (χ1n) is 12.0. The van der Waals surface area contributed by atoms with Crippen molar-refractivity contribution in [2.75, 3.05) is 6.61 Å². The normalized spacial score (nSPS) is 15.4. The zero-order valence-electron chi connectivity index (χ0n) is 21.0. The van der Waals surface area contributed by atoms with Crippen molar-refractivity contribution in [3.63, 3.8) is 0 Å². The van der Waals surface area contributed by atoms with Gasteiger partial charge in [-0.2, -0.15) is 0 Å². The van der Waals surface area contributed by atoms with Crippen LogP contribution in [-0.4, -0.2) is 24.3 Å². The molecule has 1 aliphatic heterocycles. The summed E-state index contributed by atoms with van der Waals surface area (Å²) < 4.78 is 17.2. The Morgan fingerprint density at radius 1 is 0.943 bits per heavy atom. The standard InChI is InChI=1S/C31H34O4/c1-6-22-7-9-23(10-8-22)19-33-27-17-15-25(16-18-27)24-11-13-26(14-12-24)29(32)35-31(4,5)21-30(2,3)28-20-34-28/h6-18,28H,1,19-21H2,2-5H3. The van der Waals surface area contributed by atoms with E-state index < -0.39 is 5.60 Å². The lowest BCUT2D eigenvalue weighted by Crippen LogP contribution is -2.36. The van der Waals surface area contributed by atoms with Crippen LogP contribution in [0.2, 0.25) is 0 Å². The molecule has 0 aromatic heterocycles. The molecule has 4 heteroatoms. The molecule has 0 saturated carbocycles. The Morgan fingerprint density at radius 3 is 2.06 bits per heavy atom. The lowest BCUT2D eigenvalue weighted by atomic mass is 9.79. The minimum atomic E-state index is -0.575. The fourth-order valence-corrected chi connectivity index (χ4v) is 4.52. The van der Waals surface area contributed by atoms with Crippen LogP contribution in [0, 0.1) is 5.41 Å². The van der Waals surface area contributed by atoms with Crippen LogP contribution in [0.5, 0.6) is 5.75 Å². The zero-order chi connectivity index (χ0) is 25.1. The van der Waals surface area contributed by atoms with Crippen molar-refractivity contribution in [2.45, 2.75) is 52.4 Å². The van der Waals surface area contributed by atoms with Gasteiger partial charge in [0.1, 0.15) is 18.0 Å². The molecule has 0 spiro atoms. The molecule has 1 atom stereocenters. The highest BCUT2D eigenvalue weighted by Gasteiger charge is 2.44. The van der Waals surface area contributed by atoms with E-state index in [9.17, 15) is 4.79 Å². The van der Waals surface area contributed by atoms with Crippen LogP contribution in [0.3, 0.4) is 0 Å². The number of hydrogen-bond acceptors (Lipinski definition) is 4. The van der Waals surface area contributed by atoms with Crippen molar-refractivity contribution in [3.8, 4) is 16.9 Å². The van der Waals surface area contributed by atoms with Crippen molar-refractivity contribution in [1.29, 1.82) is 0 Å². The van der Waals surface area contributed by atoms with E-state index in [1.807, 2.05) is 92.7 Å². The highest BCUT2D eigenvalue weighted by molar-refractivity contribution is 5.90. The summed E-state index contributed by atoms with van der Waals surface area (Å²) in [6.07, 6.45) is 2.82. The highest BCUT2D eigenvalue weighted by Crippen LogP contribution is 2.40. The molecule has 1 heterocycles. The molecule has 1 fully saturated rings. The van der Waals surface area contributed by atoms with Gasteiger partial charge in [0.05, 0.1) is 18.3 Å². The predicted molar refractivity (Wildman–Crippen MR) is 140 cm³/mol. The lowest BCUT2D eigenvalue weighted by molar-refractivity contribution is -0.0235. The maximum atomic E-state index is 12.8. The molecule has 182 valence electrons. The van der Waals surface area contributed by atoms with E-state index in [0.29, 0.717) is 12.2 Å². The molecular weight excluding hydrogens is 436 g/mol. The third kappa shape index (κ3) is 6.61. The van der Waals surface area contributed by atoms with Crippen molar-refractivity contribution in [1.82, 2.24) is 0 Å². The molecule has 3 aromatic carbocycles. The predicted octanol–water partition coefficient (Wildman–Crippen LogP) is 7.33. The van der Waals surface area contributed by atoms with Gasteiger partial charge in [-0.3, -0.25) is 0 Å². The van der Waals surface area contributed by atoms with Crippen LogP contribution in [0.25, 0.3) is 17.2 Å². The van der Waals surface area contributed by atoms with Crippen LogP contribution >= 0.6 is 0 Å². The van der Waals surface area contributed by atoms with E-state index in [-0.39, 0.29) is 17.5 Å². The monoisotopic (exact) mass is 470 g/mol. The van der Waals surface area contributed by atoms with Crippen molar-refractivity contribution in [2.24, 2.45) is 5.41 Å². The van der Waals surface area contributed by atoms with Crippen molar-refractivity contribution in [3.05, 3.63) is 96.1 Å². The number of carbonyl (C=O) groups is 1. The molecule has 35 heavy (non-hydrogen) atoms. The SMILES string of the molecule is C=Cc1ccc(COc2ccc(-c3ccc(C(=O)OC(C)(C)CC(C)(C)C4CO4)cc3)cc2)cc1. The minimum absolute atomic E-state index is 0.0281. The number of carbonyl (C=O) groups excluding carboxylic acids is 1. The highest BCUT2D eigenvalue weighted by atomic mass is 16.6. The van der Waals surface area contributed by atoms with Gasteiger partial charge in [-0.1, -0.05) is 75.0 Å². The van der Waals surface area contributed by atoms with Gasteiger partial charge in [0.25, 0.3) is 0 Å². The van der Waals surface area contributed by atoms with Crippen molar-refractivity contribution >= 4 is 12.0 Å². The molecule has 1 unspecified atom stereocenters. The van der Waals surface area contributed by atoms with E-state index >= 15 is 0 Å². The quantitative estimate of drug-likeness (QED) is 0.230. The third-order valence-electron chi connectivity index (χ3n) is 6.38. The Morgan fingerprint density at radius 2 is 1.51 bits per heavy atom. The molecular formula is C31H34O4. The van der Waals surface area contributed by atoms with E-state index in [4.69, 9.17) is 14.2 Å². The first-order chi connectivity index (χ1) is 16.6. The smallest absolute Gasteiger partial charge is 0.338 e. The average molecular weight is 471 g/mol. The number of hydrogen-bond donors (Lipinski definition) is 0. The van der Waals surface area contributed by atoms with Gasteiger partial charge in [0.2, 0.25) is 0 Å². The van der Waals surface area contributed by atoms with Crippen LogP contribution < -0.4 is 4.74 Å². The van der Waals surface area contributed by atoms with Gasteiger partial charge in [-0.25, -0.2) is 4.79 Å². The topological polar surface area (TPSA) is 48.1 Å². The van der Waals surface area contributed by atoms with Crippen LogP contribution in [0.1, 0.15) is 55.6 Å². The minimum Gasteiger partial charge on any atom is -0.489 e. The first kappa shape index (κ1) is 24.7.